The van der Waals surface area contributed by atoms with Crippen LogP contribution in [0.15, 0.2) is 24.4 Å². The van der Waals surface area contributed by atoms with Crippen LogP contribution in [0.5, 0.6) is 0 Å². The number of hydrogen-bond donors (Lipinski definition) is 2. The largest absolute Gasteiger partial charge is 0.354 e. The number of aromatic nitrogens is 1. The topological polar surface area (TPSA) is 71.1 Å². The molecule has 1 heterocycles. The second kappa shape index (κ2) is 10.3. The Balaban J connectivity index is 1.47. The summed E-state index contributed by atoms with van der Waals surface area (Å²) in [4.78, 5) is 27.6. The molecule has 6 heteroatoms. The molecule has 126 valence electrons. The van der Waals surface area contributed by atoms with E-state index in [0.717, 1.165) is 11.4 Å². The van der Waals surface area contributed by atoms with Crippen molar-refractivity contribution in [3.05, 3.63) is 30.1 Å². The van der Waals surface area contributed by atoms with Crippen molar-refractivity contribution in [3.63, 3.8) is 0 Å². The molecule has 0 aliphatic heterocycles. The summed E-state index contributed by atoms with van der Waals surface area (Å²) in [5.74, 6) is 1.80. The summed E-state index contributed by atoms with van der Waals surface area (Å²) in [6.45, 7) is 0.988. The molecule has 23 heavy (non-hydrogen) atoms. The number of thioether (sulfide) groups is 1. The first-order chi connectivity index (χ1) is 11.2. The third-order valence-corrected chi connectivity index (χ3v) is 4.89. The first-order valence-corrected chi connectivity index (χ1v) is 9.40. The van der Waals surface area contributed by atoms with Crippen LogP contribution in [0.4, 0.5) is 0 Å². The zero-order valence-electron chi connectivity index (χ0n) is 13.4. The van der Waals surface area contributed by atoms with Crippen molar-refractivity contribution >= 4 is 23.6 Å². The summed E-state index contributed by atoms with van der Waals surface area (Å²) in [5.41, 5.74) is 0.976. The average molecular weight is 335 g/mol. The average Bonchev–Trinajstić information content (AvgIpc) is 3.05. The van der Waals surface area contributed by atoms with E-state index in [2.05, 4.69) is 15.6 Å². The second-order valence-electron chi connectivity index (χ2n) is 5.87. The maximum atomic E-state index is 11.7. The molecule has 2 rings (SSSR count). The van der Waals surface area contributed by atoms with Crippen molar-refractivity contribution in [2.45, 2.75) is 37.9 Å². The van der Waals surface area contributed by atoms with Gasteiger partial charge in [-0.25, -0.2) is 0 Å². The SMILES string of the molecule is O=C(CSCc1ccccn1)NCCNC(=O)CC1CCCC1. The van der Waals surface area contributed by atoms with Crippen molar-refractivity contribution in [2.75, 3.05) is 18.8 Å². The number of carbonyl (C=O) groups is 2. The van der Waals surface area contributed by atoms with E-state index >= 15 is 0 Å². The lowest BCUT2D eigenvalue weighted by Crippen LogP contribution is -2.35. The molecule has 5 nitrogen and oxygen atoms in total. The van der Waals surface area contributed by atoms with Gasteiger partial charge in [-0.1, -0.05) is 18.9 Å². The molecule has 0 radical (unpaired) electrons. The molecular weight excluding hydrogens is 310 g/mol. The standard InChI is InChI=1S/C17H25N3O2S/c21-16(11-14-5-1-2-6-14)19-9-10-20-17(22)13-23-12-15-7-3-4-8-18-15/h3-4,7-8,14H,1-2,5-6,9-13H2,(H,19,21)(H,20,22). The highest BCUT2D eigenvalue weighted by Gasteiger charge is 2.17. The summed E-state index contributed by atoms with van der Waals surface area (Å²) >= 11 is 1.54. The highest BCUT2D eigenvalue weighted by atomic mass is 32.2. The van der Waals surface area contributed by atoms with E-state index in [9.17, 15) is 9.59 Å². The second-order valence-corrected chi connectivity index (χ2v) is 6.85. The van der Waals surface area contributed by atoms with E-state index in [0.29, 0.717) is 31.2 Å². The predicted octanol–water partition coefficient (Wildman–Crippen LogP) is 2.13. The Morgan fingerprint density at radius 2 is 1.87 bits per heavy atom. The highest BCUT2D eigenvalue weighted by molar-refractivity contribution is 7.99. The Bertz CT molecular complexity index is 490. The Labute approximate surface area is 142 Å². The van der Waals surface area contributed by atoms with Gasteiger partial charge in [-0.3, -0.25) is 14.6 Å². The number of pyridine rings is 1. The number of hydrogen-bond acceptors (Lipinski definition) is 4. The lowest BCUT2D eigenvalue weighted by atomic mass is 10.0. The first-order valence-electron chi connectivity index (χ1n) is 8.25. The van der Waals surface area contributed by atoms with Gasteiger partial charge in [-0.15, -0.1) is 11.8 Å². The highest BCUT2D eigenvalue weighted by Crippen LogP contribution is 2.27. The van der Waals surface area contributed by atoms with Gasteiger partial charge in [0.2, 0.25) is 11.8 Å². The summed E-state index contributed by atoms with van der Waals surface area (Å²) in [6.07, 6.45) is 7.25. The van der Waals surface area contributed by atoms with E-state index in [1.54, 1.807) is 6.20 Å². The van der Waals surface area contributed by atoms with Crippen LogP contribution in [0.1, 0.15) is 37.8 Å². The van der Waals surface area contributed by atoms with Crippen molar-refractivity contribution < 1.29 is 9.59 Å². The molecule has 1 aromatic heterocycles. The van der Waals surface area contributed by atoms with E-state index in [1.165, 1.54) is 37.4 Å². The molecule has 0 unspecified atom stereocenters. The van der Waals surface area contributed by atoms with Gasteiger partial charge in [0.25, 0.3) is 0 Å². The van der Waals surface area contributed by atoms with Crippen LogP contribution in [-0.4, -0.2) is 35.6 Å². The van der Waals surface area contributed by atoms with E-state index in [4.69, 9.17) is 0 Å². The van der Waals surface area contributed by atoms with E-state index in [-0.39, 0.29) is 11.8 Å². The minimum atomic E-state index is -0.00373. The molecule has 1 aliphatic carbocycles. The van der Waals surface area contributed by atoms with Crippen LogP contribution >= 0.6 is 11.8 Å². The Morgan fingerprint density at radius 3 is 2.57 bits per heavy atom. The van der Waals surface area contributed by atoms with Gasteiger partial charge < -0.3 is 10.6 Å². The number of carbonyl (C=O) groups excluding carboxylic acids is 2. The minimum Gasteiger partial charge on any atom is -0.354 e. The quantitative estimate of drug-likeness (QED) is 0.678. The lowest BCUT2D eigenvalue weighted by Gasteiger charge is -2.10. The number of rotatable bonds is 9. The van der Waals surface area contributed by atoms with Gasteiger partial charge in [0.05, 0.1) is 11.4 Å². The van der Waals surface area contributed by atoms with E-state index in [1.807, 2.05) is 18.2 Å². The fraction of sp³-hybridized carbons (Fsp3) is 0.588. The van der Waals surface area contributed by atoms with Gasteiger partial charge in [0.1, 0.15) is 0 Å². The zero-order valence-corrected chi connectivity index (χ0v) is 14.2. The third kappa shape index (κ3) is 7.50. The normalized spacial score (nSPS) is 14.6. The summed E-state index contributed by atoms with van der Waals surface area (Å²) in [5, 5.41) is 5.70. The van der Waals surface area contributed by atoms with Crippen LogP contribution in [0.2, 0.25) is 0 Å². The van der Waals surface area contributed by atoms with Gasteiger partial charge in [0.15, 0.2) is 0 Å². The Kier molecular flexibility index (Phi) is 7.93. The van der Waals surface area contributed by atoms with Gasteiger partial charge in [-0.05, 0) is 30.9 Å². The summed E-state index contributed by atoms with van der Waals surface area (Å²) in [6, 6.07) is 5.77. The van der Waals surface area contributed by atoms with Gasteiger partial charge in [0, 0.05) is 31.5 Å². The smallest absolute Gasteiger partial charge is 0.230 e. The zero-order chi connectivity index (χ0) is 16.3. The third-order valence-electron chi connectivity index (χ3n) is 3.93. The number of nitrogens with zero attached hydrogens (tertiary/aromatic N) is 1. The van der Waals surface area contributed by atoms with Crippen LogP contribution in [0, 0.1) is 5.92 Å². The molecule has 2 N–H and O–H groups in total. The predicted molar refractivity (Wildman–Crippen MR) is 93.0 cm³/mol. The summed E-state index contributed by atoms with van der Waals surface area (Å²) < 4.78 is 0. The molecular formula is C17H25N3O2S. The van der Waals surface area contributed by atoms with Crippen molar-refractivity contribution in [1.82, 2.24) is 15.6 Å². The summed E-state index contributed by atoms with van der Waals surface area (Å²) in [7, 11) is 0. The molecule has 0 atom stereocenters. The van der Waals surface area contributed by atoms with Crippen molar-refractivity contribution in [3.8, 4) is 0 Å². The molecule has 2 amide bonds. The molecule has 1 saturated carbocycles. The van der Waals surface area contributed by atoms with Crippen molar-refractivity contribution in [1.29, 1.82) is 0 Å². The fourth-order valence-electron chi connectivity index (χ4n) is 2.74. The van der Waals surface area contributed by atoms with Gasteiger partial charge >= 0.3 is 0 Å². The molecule has 0 saturated heterocycles. The number of nitrogens with one attached hydrogen (secondary N) is 2. The van der Waals surface area contributed by atoms with Crippen molar-refractivity contribution in [2.24, 2.45) is 5.92 Å². The van der Waals surface area contributed by atoms with Crippen LogP contribution in [0.3, 0.4) is 0 Å². The van der Waals surface area contributed by atoms with E-state index < -0.39 is 0 Å². The molecule has 1 aromatic rings. The molecule has 0 spiro atoms. The molecule has 1 aliphatic rings. The molecule has 1 fully saturated rings. The first kappa shape index (κ1) is 17.8. The Hall–Kier alpha value is -1.56. The fourth-order valence-corrected chi connectivity index (χ4v) is 3.50. The number of amides is 2. The lowest BCUT2D eigenvalue weighted by molar-refractivity contribution is -0.122. The minimum absolute atomic E-state index is 0.00373. The monoisotopic (exact) mass is 335 g/mol. The Morgan fingerprint density at radius 1 is 1.13 bits per heavy atom. The molecule has 0 aromatic carbocycles. The van der Waals surface area contributed by atoms with Crippen LogP contribution in [0.25, 0.3) is 0 Å². The van der Waals surface area contributed by atoms with Crippen LogP contribution < -0.4 is 10.6 Å². The van der Waals surface area contributed by atoms with Gasteiger partial charge in [-0.2, -0.15) is 0 Å². The maximum absolute atomic E-state index is 11.7. The maximum Gasteiger partial charge on any atom is 0.230 e. The molecule has 0 bridgehead atoms. The van der Waals surface area contributed by atoms with Crippen LogP contribution in [-0.2, 0) is 15.3 Å².